The highest BCUT2D eigenvalue weighted by molar-refractivity contribution is 5.98. The SMILES string of the molecule is CC(C)C[C@H](NC(=O)[C@H](CCCN=C(N)N)NC(=O)[C@@H](N)CCCN=C(N)N)C(=O)Nc1cccc(Oc2ccccc2)c1. The lowest BCUT2D eigenvalue weighted by atomic mass is 10.0. The molecule has 44 heavy (non-hydrogen) atoms. The zero-order valence-electron chi connectivity index (χ0n) is 25.4. The number of aliphatic imine (C=N–C) groups is 2. The number of ether oxygens (including phenoxy) is 1. The third-order valence-electron chi connectivity index (χ3n) is 6.30. The molecule has 0 heterocycles. The van der Waals surface area contributed by atoms with Crippen molar-refractivity contribution in [2.45, 2.75) is 64.1 Å². The molecule has 0 spiro atoms. The van der Waals surface area contributed by atoms with Crippen molar-refractivity contribution in [3.8, 4) is 11.5 Å². The molecular weight excluding hydrogens is 564 g/mol. The second kappa shape index (κ2) is 18.6. The molecule has 0 aliphatic heterocycles. The fourth-order valence-corrected chi connectivity index (χ4v) is 4.17. The Morgan fingerprint density at radius 1 is 0.750 bits per heavy atom. The highest BCUT2D eigenvalue weighted by atomic mass is 16.5. The Kier molecular flexibility index (Phi) is 15.0. The third kappa shape index (κ3) is 13.9. The molecule has 2 rings (SSSR count). The summed E-state index contributed by atoms with van der Waals surface area (Å²) >= 11 is 0. The topological polar surface area (TPSA) is 251 Å². The largest absolute Gasteiger partial charge is 0.457 e. The molecule has 0 aromatic heterocycles. The lowest BCUT2D eigenvalue weighted by molar-refractivity contribution is -0.131. The Balaban J connectivity index is 2.12. The van der Waals surface area contributed by atoms with Gasteiger partial charge in [0.05, 0.1) is 6.04 Å². The predicted molar refractivity (Wildman–Crippen MR) is 173 cm³/mol. The molecule has 2 aromatic carbocycles. The molecule has 240 valence electrons. The fraction of sp³-hybridized carbons (Fsp3) is 0.433. The second-order valence-electron chi connectivity index (χ2n) is 10.7. The fourth-order valence-electron chi connectivity index (χ4n) is 4.17. The minimum atomic E-state index is -0.981. The first-order chi connectivity index (χ1) is 20.9. The van der Waals surface area contributed by atoms with Crippen molar-refractivity contribution >= 4 is 35.3 Å². The number of nitrogens with two attached hydrogens (primary N) is 5. The molecule has 0 saturated carbocycles. The maximum atomic E-state index is 13.5. The summed E-state index contributed by atoms with van der Waals surface area (Å²) in [4.78, 5) is 47.5. The molecule has 0 unspecified atom stereocenters. The van der Waals surface area contributed by atoms with E-state index in [2.05, 4.69) is 25.9 Å². The molecule has 14 nitrogen and oxygen atoms in total. The van der Waals surface area contributed by atoms with E-state index in [1.165, 1.54) is 0 Å². The first kappa shape index (κ1) is 35.3. The van der Waals surface area contributed by atoms with Crippen LogP contribution in [0.1, 0.15) is 46.0 Å². The van der Waals surface area contributed by atoms with Crippen LogP contribution in [0.3, 0.4) is 0 Å². The van der Waals surface area contributed by atoms with Crippen LogP contribution in [0.4, 0.5) is 5.69 Å². The first-order valence-corrected chi connectivity index (χ1v) is 14.6. The molecule has 0 bridgehead atoms. The summed E-state index contributed by atoms with van der Waals surface area (Å²) in [5.41, 5.74) is 28.0. The molecule has 14 heteroatoms. The van der Waals surface area contributed by atoms with Gasteiger partial charge in [-0.3, -0.25) is 24.4 Å². The number of amides is 3. The van der Waals surface area contributed by atoms with Crippen molar-refractivity contribution in [1.29, 1.82) is 0 Å². The maximum Gasteiger partial charge on any atom is 0.246 e. The average molecular weight is 611 g/mol. The Hall–Kier alpha value is -4.85. The number of nitrogens with zero attached hydrogens (tertiary/aromatic N) is 2. The number of anilines is 1. The summed E-state index contributed by atoms with van der Waals surface area (Å²) < 4.78 is 5.87. The molecule has 0 saturated heterocycles. The van der Waals surface area contributed by atoms with Gasteiger partial charge >= 0.3 is 0 Å². The number of nitrogens with one attached hydrogen (secondary N) is 3. The van der Waals surface area contributed by atoms with Gasteiger partial charge in [0.15, 0.2) is 11.9 Å². The maximum absolute atomic E-state index is 13.5. The summed E-state index contributed by atoms with van der Waals surface area (Å²) in [6.07, 6.45) is 1.74. The normalized spacial score (nSPS) is 12.7. The monoisotopic (exact) mass is 610 g/mol. The summed E-state index contributed by atoms with van der Waals surface area (Å²) in [5, 5.41) is 8.39. The summed E-state index contributed by atoms with van der Waals surface area (Å²) in [6, 6.07) is 13.5. The first-order valence-electron chi connectivity index (χ1n) is 14.6. The van der Waals surface area contributed by atoms with Crippen molar-refractivity contribution in [2.24, 2.45) is 44.6 Å². The second-order valence-corrected chi connectivity index (χ2v) is 10.7. The van der Waals surface area contributed by atoms with E-state index >= 15 is 0 Å². The van der Waals surface area contributed by atoms with Crippen LogP contribution in [0.25, 0.3) is 0 Å². The molecule has 2 aromatic rings. The quantitative estimate of drug-likeness (QED) is 0.0676. The number of para-hydroxylation sites is 1. The van der Waals surface area contributed by atoms with Gasteiger partial charge in [0.2, 0.25) is 17.7 Å². The van der Waals surface area contributed by atoms with Crippen LogP contribution in [0.5, 0.6) is 11.5 Å². The molecule has 3 atom stereocenters. The number of guanidine groups is 2. The van der Waals surface area contributed by atoms with E-state index in [-0.39, 0.29) is 30.8 Å². The lowest BCUT2D eigenvalue weighted by Gasteiger charge is -2.25. The molecule has 3 amide bonds. The summed E-state index contributed by atoms with van der Waals surface area (Å²) in [5.74, 6) is -0.315. The number of benzene rings is 2. The minimum Gasteiger partial charge on any atom is -0.457 e. The van der Waals surface area contributed by atoms with Crippen molar-refractivity contribution in [1.82, 2.24) is 10.6 Å². The number of carbonyl (C=O) groups is 3. The van der Waals surface area contributed by atoms with Gasteiger partial charge in [-0.2, -0.15) is 0 Å². The predicted octanol–water partition coefficient (Wildman–Crippen LogP) is 0.868. The van der Waals surface area contributed by atoms with Gasteiger partial charge < -0.3 is 49.4 Å². The van der Waals surface area contributed by atoms with Gasteiger partial charge in [-0.05, 0) is 62.3 Å². The Morgan fingerprint density at radius 2 is 1.34 bits per heavy atom. The molecule has 13 N–H and O–H groups in total. The zero-order valence-corrected chi connectivity index (χ0v) is 25.4. The van der Waals surface area contributed by atoms with Crippen LogP contribution in [-0.2, 0) is 14.4 Å². The van der Waals surface area contributed by atoms with Gasteiger partial charge in [-0.15, -0.1) is 0 Å². The van der Waals surface area contributed by atoms with E-state index in [0.717, 1.165) is 0 Å². The van der Waals surface area contributed by atoms with Crippen LogP contribution in [0.15, 0.2) is 64.6 Å². The van der Waals surface area contributed by atoms with E-state index in [4.69, 9.17) is 33.4 Å². The van der Waals surface area contributed by atoms with Crippen molar-refractivity contribution in [2.75, 3.05) is 18.4 Å². The molecule has 0 fully saturated rings. The summed E-state index contributed by atoms with van der Waals surface area (Å²) in [7, 11) is 0. The van der Waals surface area contributed by atoms with E-state index in [1.54, 1.807) is 24.3 Å². The third-order valence-corrected chi connectivity index (χ3v) is 6.30. The van der Waals surface area contributed by atoms with Crippen molar-refractivity contribution in [3.05, 3.63) is 54.6 Å². The van der Waals surface area contributed by atoms with Crippen molar-refractivity contribution < 1.29 is 19.1 Å². The van der Waals surface area contributed by atoms with E-state index < -0.39 is 35.8 Å². The van der Waals surface area contributed by atoms with Gasteiger partial charge in [-0.25, -0.2) is 0 Å². The smallest absolute Gasteiger partial charge is 0.246 e. The Bertz CT molecular complexity index is 1260. The Morgan fingerprint density at radius 3 is 1.95 bits per heavy atom. The van der Waals surface area contributed by atoms with Crippen LogP contribution in [-0.4, -0.2) is 60.9 Å². The van der Waals surface area contributed by atoms with Crippen molar-refractivity contribution in [3.63, 3.8) is 0 Å². The lowest BCUT2D eigenvalue weighted by Crippen LogP contribution is -2.55. The van der Waals surface area contributed by atoms with Gasteiger partial charge in [0.1, 0.15) is 23.6 Å². The summed E-state index contributed by atoms with van der Waals surface area (Å²) in [6.45, 7) is 4.45. The van der Waals surface area contributed by atoms with Crippen LogP contribution in [0, 0.1) is 5.92 Å². The zero-order chi connectivity index (χ0) is 32.5. The number of carbonyl (C=O) groups excluding carboxylic acids is 3. The highest BCUT2D eigenvalue weighted by Gasteiger charge is 2.28. The molecule has 0 radical (unpaired) electrons. The number of hydrogen-bond donors (Lipinski definition) is 8. The number of rotatable bonds is 18. The van der Waals surface area contributed by atoms with Crippen LogP contribution in [0.2, 0.25) is 0 Å². The van der Waals surface area contributed by atoms with E-state index in [1.807, 2.05) is 44.2 Å². The molecular formula is C30H46N10O4. The standard InChI is InChI=1S/C30H46N10O4/c1-19(2)17-25(28(43)38-20-9-6-12-22(18-20)44-21-10-4-3-5-11-21)40-27(42)24(14-8-16-37-30(34)35)39-26(41)23(31)13-7-15-36-29(32)33/h3-6,9-12,18-19,23-25H,7-8,13-17,31H2,1-2H3,(H,38,43)(H,39,41)(H,40,42)(H4,32,33,36)(H4,34,35,37)/t23-,24-,25-/m0/s1. The highest BCUT2D eigenvalue weighted by Crippen LogP contribution is 2.24. The van der Waals surface area contributed by atoms with E-state index in [9.17, 15) is 14.4 Å². The van der Waals surface area contributed by atoms with Gasteiger partial charge in [-0.1, -0.05) is 38.1 Å². The Labute approximate surface area is 258 Å². The van der Waals surface area contributed by atoms with Gasteiger partial charge in [0, 0.05) is 24.8 Å². The minimum absolute atomic E-state index is 0.0475. The van der Waals surface area contributed by atoms with Crippen LogP contribution >= 0.6 is 0 Å². The van der Waals surface area contributed by atoms with E-state index in [0.29, 0.717) is 49.4 Å². The van der Waals surface area contributed by atoms with Gasteiger partial charge in [0.25, 0.3) is 0 Å². The average Bonchev–Trinajstić information content (AvgIpc) is 2.96. The molecule has 0 aliphatic carbocycles. The molecule has 0 aliphatic rings. The van der Waals surface area contributed by atoms with Crippen LogP contribution < -0.4 is 49.4 Å². The number of hydrogen-bond acceptors (Lipinski definition) is 7.